The third-order valence-electron chi connectivity index (χ3n) is 3.04. The van der Waals surface area contributed by atoms with Crippen LogP contribution in [0.15, 0.2) is 18.2 Å². The monoisotopic (exact) mass is 278 g/mol. The van der Waals surface area contributed by atoms with E-state index in [0.717, 1.165) is 17.0 Å². The van der Waals surface area contributed by atoms with Gasteiger partial charge in [0.05, 0.1) is 12.1 Å². The third-order valence-corrected chi connectivity index (χ3v) is 3.04. The van der Waals surface area contributed by atoms with Crippen LogP contribution in [0.2, 0.25) is 0 Å². The van der Waals surface area contributed by atoms with E-state index < -0.39 is 6.04 Å². The molecule has 0 aromatic heterocycles. The topological polar surface area (TPSA) is 64.3 Å². The molecule has 0 bridgehead atoms. The van der Waals surface area contributed by atoms with Crippen LogP contribution in [0.3, 0.4) is 0 Å². The quantitative estimate of drug-likeness (QED) is 0.889. The standard InChI is InChI=1S/C16H26N2O2/c1-10(2)20-12-7-8-13(11(3)9-12)18-15(19)14(17)16(4,5)6/h7-10,14H,17H2,1-6H3,(H,18,19)/t14-/m0/s1. The molecule has 0 fully saturated rings. The fourth-order valence-corrected chi connectivity index (χ4v) is 1.73. The maximum atomic E-state index is 12.1. The summed E-state index contributed by atoms with van der Waals surface area (Å²) in [5.41, 5.74) is 7.41. The molecule has 1 aromatic rings. The van der Waals surface area contributed by atoms with Gasteiger partial charge >= 0.3 is 0 Å². The Labute approximate surface area is 121 Å². The first-order chi connectivity index (χ1) is 9.11. The summed E-state index contributed by atoms with van der Waals surface area (Å²) in [6.45, 7) is 11.7. The molecule has 0 aliphatic carbocycles. The molecule has 1 aromatic carbocycles. The van der Waals surface area contributed by atoms with Crippen LogP contribution >= 0.6 is 0 Å². The van der Waals surface area contributed by atoms with Crippen molar-refractivity contribution in [2.45, 2.75) is 53.7 Å². The summed E-state index contributed by atoms with van der Waals surface area (Å²) in [7, 11) is 0. The van der Waals surface area contributed by atoms with E-state index in [9.17, 15) is 4.79 Å². The number of amides is 1. The molecule has 0 spiro atoms. The van der Waals surface area contributed by atoms with Gasteiger partial charge in [-0.2, -0.15) is 0 Å². The molecule has 0 heterocycles. The fourth-order valence-electron chi connectivity index (χ4n) is 1.73. The van der Waals surface area contributed by atoms with Crippen LogP contribution in [-0.2, 0) is 4.79 Å². The summed E-state index contributed by atoms with van der Waals surface area (Å²) in [4.78, 5) is 12.1. The summed E-state index contributed by atoms with van der Waals surface area (Å²) in [6.07, 6.45) is 0.129. The number of benzene rings is 1. The number of ether oxygens (including phenoxy) is 1. The molecule has 0 aliphatic rings. The van der Waals surface area contributed by atoms with Crippen molar-refractivity contribution in [2.24, 2.45) is 11.1 Å². The second-order valence-electron chi connectivity index (χ2n) is 6.48. The van der Waals surface area contributed by atoms with Crippen LogP contribution in [-0.4, -0.2) is 18.1 Å². The number of hydrogen-bond acceptors (Lipinski definition) is 3. The molecule has 4 heteroatoms. The zero-order chi connectivity index (χ0) is 15.5. The van der Waals surface area contributed by atoms with Gasteiger partial charge in [0.15, 0.2) is 0 Å². The Bertz CT molecular complexity index is 476. The first-order valence-electron chi connectivity index (χ1n) is 6.95. The Morgan fingerprint density at radius 3 is 2.35 bits per heavy atom. The van der Waals surface area contributed by atoms with Gasteiger partial charge in [-0.1, -0.05) is 20.8 Å². The van der Waals surface area contributed by atoms with Gasteiger partial charge in [-0.3, -0.25) is 4.79 Å². The molecule has 1 rings (SSSR count). The maximum Gasteiger partial charge on any atom is 0.241 e. The Balaban J connectivity index is 2.81. The number of hydrogen-bond donors (Lipinski definition) is 2. The van der Waals surface area contributed by atoms with Crippen molar-refractivity contribution in [1.82, 2.24) is 0 Å². The molecule has 0 saturated carbocycles. The summed E-state index contributed by atoms with van der Waals surface area (Å²) < 4.78 is 5.62. The van der Waals surface area contributed by atoms with Crippen molar-refractivity contribution in [2.75, 3.05) is 5.32 Å². The smallest absolute Gasteiger partial charge is 0.241 e. The van der Waals surface area contributed by atoms with Crippen LogP contribution in [0.4, 0.5) is 5.69 Å². The normalized spacial score (nSPS) is 13.2. The number of carbonyl (C=O) groups is 1. The fraction of sp³-hybridized carbons (Fsp3) is 0.562. The van der Waals surface area contributed by atoms with E-state index in [2.05, 4.69) is 5.32 Å². The van der Waals surface area contributed by atoms with E-state index in [1.807, 2.05) is 59.7 Å². The third kappa shape index (κ3) is 4.53. The highest BCUT2D eigenvalue weighted by Crippen LogP contribution is 2.24. The predicted molar refractivity (Wildman–Crippen MR) is 83.0 cm³/mol. The van der Waals surface area contributed by atoms with Crippen LogP contribution in [0.25, 0.3) is 0 Å². The van der Waals surface area contributed by atoms with Crippen molar-refractivity contribution in [3.63, 3.8) is 0 Å². The first kappa shape index (κ1) is 16.5. The molecule has 3 N–H and O–H groups in total. The average molecular weight is 278 g/mol. The Morgan fingerprint density at radius 2 is 1.90 bits per heavy atom. The lowest BCUT2D eigenvalue weighted by atomic mass is 9.87. The van der Waals surface area contributed by atoms with Crippen LogP contribution in [0.1, 0.15) is 40.2 Å². The number of rotatable bonds is 4. The van der Waals surface area contributed by atoms with Crippen LogP contribution in [0, 0.1) is 12.3 Å². The average Bonchev–Trinajstić information content (AvgIpc) is 2.29. The second kappa shape index (κ2) is 6.27. The van der Waals surface area contributed by atoms with Crippen molar-refractivity contribution >= 4 is 11.6 Å². The largest absolute Gasteiger partial charge is 0.491 e. The highest BCUT2D eigenvalue weighted by atomic mass is 16.5. The molecular formula is C16H26N2O2. The van der Waals surface area contributed by atoms with E-state index in [1.54, 1.807) is 0 Å². The van der Waals surface area contributed by atoms with E-state index in [-0.39, 0.29) is 17.4 Å². The number of nitrogens with one attached hydrogen (secondary N) is 1. The number of anilines is 1. The lowest BCUT2D eigenvalue weighted by molar-refractivity contribution is -0.119. The van der Waals surface area contributed by atoms with Gasteiger partial charge in [0.2, 0.25) is 5.91 Å². The first-order valence-corrected chi connectivity index (χ1v) is 6.95. The summed E-state index contributed by atoms with van der Waals surface area (Å²) in [6, 6.07) is 5.07. The zero-order valence-electron chi connectivity index (χ0n) is 13.3. The van der Waals surface area contributed by atoms with E-state index in [0.29, 0.717) is 0 Å². The minimum absolute atomic E-state index is 0.129. The lowest BCUT2D eigenvalue weighted by Crippen LogP contribution is -2.45. The van der Waals surface area contributed by atoms with Crippen molar-refractivity contribution in [3.05, 3.63) is 23.8 Å². The predicted octanol–water partition coefficient (Wildman–Crippen LogP) is 3.09. The molecule has 112 valence electrons. The molecule has 0 unspecified atom stereocenters. The lowest BCUT2D eigenvalue weighted by Gasteiger charge is -2.26. The Hall–Kier alpha value is -1.55. The highest BCUT2D eigenvalue weighted by Gasteiger charge is 2.27. The van der Waals surface area contributed by atoms with Crippen LogP contribution in [0.5, 0.6) is 5.75 Å². The van der Waals surface area contributed by atoms with Gasteiger partial charge in [-0.15, -0.1) is 0 Å². The molecule has 1 amide bonds. The number of aryl methyl sites for hydroxylation is 1. The van der Waals surface area contributed by atoms with Gasteiger partial charge in [0, 0.05) is 5.69 Å². The van der Waals surface area contributed by atoms with Gasteiger partial charge < -0.3 is 15.8 Å². The zero-order valence-corrected chi connectivity index (χ0v) is 13.3. The van der Waals surface area contributed by atoms with Crippen LogP contribution < -0.4 is 15.8 Å². The SMILES string of the molecule is Cc1cc(OC(C)C)ccc1NC(=O)[C@H](N)C(C)(C)C. The molecule has 4 nitrogen and oxygen atoms in total. The summed E-state index contributed by atoms with van der Waals surface area (Å²) in [5, 5.41) is 2.88. The van der Waals surface area contributed by atoms with Gasteiger partial charge in [0.25, 0.3) is 0 Å². The van der Waals surface area contributed by atoms with Gasteiger partial charge in [0.1, 0.15) is 5.75 Å². The van der Waals surface area contributed by atoms with Crippen molar-refractivity contribution < 1.29 is 9.53 Å². The van der Waals surface area contributed by atoms with Gasteiger partial charge in [-0.25, -0.2) is 0 Å². The number of nitrogens with two attached hydrogens (primary N) is 1. The molecule has 1 atom stereocenters. The van der Waals surface area contributed by atoms with Crippen molar-refractivity contribution in [1.29, 1.82) is 0 Å². The van der Waals surface area contributed by atoms with E-state index in [1.165, 1.54) is 0 Å². The van der Waals surface area contributed by atoms with E-state index >= 15 is 0 Å². The highest BCUT2D eigenvalue weighted by molar-refractivity contribution is 5.95. The Morgan fingerprint density at radius 1 is 1.30 bits per heavy atom. The second-order valence-corrected chi connectivity index (χ2v) is 6.48. The molecular weight excluding hydrogens is 252 g/mol. The van der Waals surface area contributed by atoms with Crippen molar-refractivity contribution in [3.8, 4) is 5.75 Å². The summed E-state index contributed by atoms with van der Waals surface area (Å²) in [5.74, 6) is 0.633. The van der Waals surface area contributed by atoms with E-state index in [4.69, 9.17) is 10.5 Å². The molecule has 0 radical (unpaired) electrons. The minimum Gasteiger partial charge on any atom is -0.491 e. The van der Waals surface area contributed by atoms with Gasteiger partial charge in [-0.05, 0) is 49.9 Å². The number of carbonyl (C=O) groups excluding carboxylic acids is 1. The minimum atomic E-state index is -0.548. The Kier molecular flexibility index (Phi) is 5.17. The maximum absolute atomic E-state index is 12.1. The molecule has 0 saturated heterocycles. The molecule has 0 aliphatic heterocycles. The molecule has 20 heavy (non-hydrogen) atoms. The summed E-state index contributed by atoms with van der Waals surface area (Å²) >= 11 is 0.